The molecule has 0 fully saturated rings. The van der Waals surface area contributed by atoms with E-state index >= 15 is 0 Å². The van der Waals surface area contributed by atoms with Crippen LogP contribution >= 0.6 is 0 Å². The van der Waals surface area contributed by atoms with Gasteiger partial charge in [-0.15, -0.1) is 0 Å². The number of hydrogen-bond donors (Lipinski definition) is 1. The maximum atomic E-state index is 12.2. The number of ether oxygens (including phenoxy) is 2. The number of rotatable bonds is 5. The maximum Gasteiger partial charge on any atom is 0.345 e. The third kappa shape index (κ3) is 3.70. The summed E-state index contributed by atoms with van der Waals surface area (Å²) in [6.07, 6.45) is 0. The van der Waals surface area contributed by atoms with Crippen molar-refractivity contribution in [2.75, 3.05) is 7.11 Å². The number of fused-ring (bicyclic) bond motifs is 1. The van der Waals surface area contributed by atoms with Crippen LogP contribution in [0.3, 0.4) is 0 Å². The van der Waals surface area contributed by atoms with Crippen LogP contribution in [0.15, 0.2) is 47.3 Å². The number of nitrogens with zero attached hydrogens (tertiary/aromatic N) is 2. The number of nitrogens with one attached hydrogen (secondary N) is 1. The van der Waals surface area contributed by atoms with Gasteiger partial charge >= 0.3 is 11.9 Å². The van der Waals surface area contributed by atoms with E-state index in [1.165, 1.54) is 49.6 Å². The van der Waals surface area contributed by atoms with Crippen molar-refractivity contribution in [3.63, 3.8) is 0 Å². The van der Waals surface area contributed by atoms with Gasteiger partial charge in [0.1, 0.15) is 18.0 Å². The molecular weight excluding hydrogens is 370 g/mol. The Morgan fingerprint density at radius 2 is 1.93 bits per heavy atom. The lowest BCUT2D eigenvalue weighted by atomic mass is 10.1. The highest BCUT2D eigenvalue weighted by Crippen LogP contribution is 2.19. The first-order valence-corrected chi connectivity index (χ1v) is 7.92. The molecule has 0 saturated heterocycles. The van der Waals surface area contributed by atoms with Gasteiger partial charge in [0.15, 0.2) is 0 Å². The number of H-pyrrole nitrogens is 1. The Morgan fingerprint density at radius 1 is 1.18 bits per heavy atom. The minimum absolute atomic E-state index is 0.0199. The number of nitro benzene ring substituents is 1. The van der Waals surface area contributed by atoms with Gasteiger partial charge in [-0.3, -0.25) is 14.9 Å². The summed E-state index contributed by atoms with van der Waals surface area (Å²) < 4.78 is 9.67. The van der Waals surface area contributed by atoms with Gasteiger partial charge in [0.25, 0.3) is 11.2 Å². The Bertz CT molecular complexity index is 1150. The zero-order valence-electron chi connectivity index (χ0n) is 14.5. The molecule has 10 heteroatoms. The lowest BCUT2D eigenvalue weighted by Crippen LogP contribution is -2.15. The highest BCUT2D eigenvalue weighted by molar-refractivity contribution is 5.94. The number of carbonyl (C=O) groups excluding carboxylic acids is 2. The summed E-state index contributed by atoms with van der Waals surface area (Å²) >= 11 is 0. The third-order valence-electron chi connectivity index (χ3n) is 3.84. The minimum atomic E-state index is -0.932. The molecule has 2 aromatic carbocycles. The summed E-state index contributed by atoms with van der Waals surface area (Å²) in [7, 11) is 1.23. The van der Waals surface area contributed by atoms with Gasteiger partial charge in [-0.25, -0.2) is 14.6 Å². The molecule has 0 radical (unpaired) electrons. The predicted molar refractivity (Wildman–Crippen MR) is 95.9 cm³/mol. The fourth-order valence-corrected chi connectivity index (χ4v) is 2.52. The third-order valence-corrected chi connectivity index (χ3v) is 3.84. The number of nitro groups is 1. The number of carbonyl (C=O) groups is 2. The lowest BCUT2D eigenvalue weighted by Gasteiger charge is -2.06. The molecule has 0 saturated carbocycles. The molecule has 3 rings (SSSR count). The Balaban J connectivity index is 1.86. The number of aromatic amines is 1. The van der Waals surface area contributed by atoms with Crippen LogP contribution in [0, 0.1) is 10.1 Å². The number of hydrogen-bond acceptors (Lipinski definition) is 8. The van der Waals surface area contributed by atoms with E-state index in [1.54, 1.807) is 0 Å². The van der Waals surface area contributed by atoms with E-state index in [4.69, 9.17) is 4.74 Å². The quantitative estimate of drug-likeness (QED) is 0.400. The van der Waals surface area contributed by atoms with Crippen LogP contribution in [0.5, 0.6) is 0 Å². The highest BCUT2D eigenvalue weighted by atomic mass is 16.6. The van der Waals surface area contributed by atoms with Gasteiger partial charge in [0, 0.05) is 6.07 Å². The molecule has 0 spiro atoms. The standard InChI is InChI=1S/C18H13N3O7/c1-27-17(23)10-6-7-11-13(8-10)19-15(20-16(11)22)9-28-18(24)12-4-2-3-5-14(12)21(25)26/h2-8H,9H2,1H3,(H,19,20,22). The molecule has 0 aliphatic heterocycles. The van der Waals surface area contributed by atoms with Gasteiger partial charge in [-0.05, 0) is 24.3 Å². The first kappa shape index (κ1) is 18.7. The molecule has 0 bridgehead atoms. The van der Waals surface area contributed by atoms with Crippen LogP contribution in [-0.2, 0) is 16.1 Å². The first-order chi connectivity index (χ1) is 13.4. The van der Waals surface area contributed by atoms with E-state index < -0.39 is 34.7 Å². The van der Waals surface area contributed by atoms with Crippen LogP contribution in [0.25, 0.3) is 10.9 Å². The molecule has 3 aromatic rings. The zero-order valence-corrected chi connectivity index (χ0v) is 14.5. The average Bonchev–Trinajstić information content (AvgIpc) is 2.70. The van der Waals surface area contributed by atoms with E-state index in [0.29, 0.717) is 0 Å². The minimum Gasteiger partial charge on any atom is -0.465 e. The number of benzene rings is 2. The van der Waals surface area contributed by atoms with Crippen molar-refractivity contribution >= 4 is 28.5 Å². The summed E-state index contributed by atoms with van der Waals surface area (Å²) in [5.74, 6) is -1.50. The van der Waals surface area contributed by atoms with Crippen LogP contribution in [-0.4, -0.2) is 33.9 Å². The topological polar surface area (TPSA) is 141 Å². The Kier molecular flexibility index (Phi) is 5.12. The number of esters is 2. The van der Waals surface area contributed by atoms with Crippen molar-refractivity contribution in [3.8, 4) is 0 Å². The van der Waals surface area contributed by atoms with Crippen LogP contribution in [0.2, 0.25) is 0 Å². The fraction of sp³-hybridized carbons (Fsp3) is 0.111. The smallest absolute Gasteiger partial charge is 0.345 e. The molecule has 1 aromatic heterocycles. The second-order valence-electron chi connectivity index (χ2n) is 5.59. The monoisotopic (exact) mass is 383 g/mol. The molecule has 0 atom stereocenters. The molecule has 0 amide bonds. The van der Waals surface area contributed by atoms with Crippen LogP contribution in [0.1, 0.15) is 26.5 Å². The molecule has 1 N–H and O–H groups in total. The van der Waals surface area contributed by atoms with E-state index in [-0.39, 0.29) is 27.9 Å². The molecule has 0 unspecified atom stereocenters. The molecule has 28 heavy (non-hydrogen) atoms. The summed E-state index contributed by atoms with van der Waals surface area (Å²) in [6, 6.07) is 9.57. The molecular formula is C18H13N3O7. The number of para-hydroxylation sites is 1. The van der Waals surface area contributed by atoms with E-state index in [9.17, 15) is 24.5 Å². The first-order valence-electron chi connectivity index (χ1n) is 7.92. The van der Waals surface area contributed by atoms with Gasteiger partial charge in [-0.1, -0.05) is 12.1 Å². The molecule has 10 nitrogen and oxygen atoms in total. The zero-order chi connectivity index (χ0) is 20.3. The SMILES string of the molecule is COC(=O)c1ccc2c(=O)[nH]c(COC(=O)c3ccccc3[N+](=O)[O-])nc2c1. The largest absolute Gasteiger partial charge is 0.465 e. The second kappa shape index (κ2) is 7.66. The summed E-state index contributed by atoms with van der Waals surface area (Å²) in [6.45, 7) is -0.418. The maximum absolute atomic E-state index is 12.2. The molecule has 1 heterocycles. The second-order valence-corrected chi connectivity index (χ2v) is 5.59. The van der Waals surface area contributed by atoms with Crippen molar-refractivity contribution in [1.82, 2.24) is 9.97 Å². The van der Waals surface area contributed by atoms with Crippen LogP contribution < -0.4 is 5.56 Å². The van der Waals surface area contributed by atoms with Gasteiger partial charge in [0.05, 0.1) is 28.5 Å². The normalized spacial score (nSPS) is 10.5. The average molecular weight is 383 g/mol. The van der Waals surface area contributed by atoms with Crippen molar-refractivity contribution in [1.29, 1.82) is 0 Å². The molecule has 0 aliphatic carbocycles. The van der Waals surface area contributed by atoms with Crippen molar-refractivity contribution in [3.05, 3.63) is 79.9 Å². The van der Waals surface area contributed by atoms with Crippen LogP contribution in [0.4, 0.5) is 5.69 Å². The number of methoxy groups -OCH3 is 1. The summed E-state index contributed by atoms with van der Waals surface area (Å²) in [5, 5.41) is 11.2. The van der Waals surface area contributed by atoms with E-state index in [2.05, 4.69) is 14.7 Å². The summed E-state index contributed by atoms with van der Waals surface area (Å²) in [5.41, 5.74) is -0.684. The fourth-order valence-electron chi connectivity index (χ4n) is 2.52. The van der Waals surface area contributed by atoms with Gasteiger partial charge in [-0.2, -0.15) is 0 Å². The van der Waals surface area contributed by atoms with E-state index in [1.807, 2.05) is 0 Å². The lowest BCUT2D eigenvalue weighted by molar-refractivity contribution is -0.385. The van der Waals surface area contributed by atoms with E-state index in [0.717, 1.165) is 0 Å². The Hall–Kier alpha value is -4.08. The van der Waals surface area contributed by atoms with Crippen molar-refractivity contribution < 1.29 is 24.0 Å². The molecule has 0 aliphatic rings. The van der Waals surface area contributed by atoms with Gasteiger partial charge in [0.2, 0.25) is 0 Å². The summed E-state index contributed by atoms with van der Waals surface area (Å²) in [4.78, 5) is 52.9. The number of aromatic nitrogens is 2. The van der Waals surface area contributed by atoms with Gasteiger partial charge < -0.3 is 14.5 Å². The Labute approximate surface area is 156 Å². The molecule has 142 valence electrons. The van der Waals surface area contributed by atoms with Crippen molar-refractivity contribution in [2.45, 2.75) is 6.61 Å². The highest BCUT2D eigenvalue weighted by Gasteiger charge is 2.21. The predicted octanol–water partition coefficient (Wildman–Crippen LogP) is 1.97. The van der Waals surface area contributed by atoms with Crippen molar-refractivity contribution in [2.24, 2.45) is 0 Å². The Morgan fingerprint density at radius 3 is 2.64 bits per heavy atom.